The summed E-state index contributed by atoms with van der Waals surface area (Å²) in [4.78, 5) is 11.0. The van der Waals surface area contributed by atoms with E-state index in [9.17, 15) is 0 Å². The first-order valence-corrected chi connectivity index (χ1v) is 7.12. The van der Waals surface area contributed by atoms with Gasteiger partial charge in [0.15, 0.2) is 5.82 Å². The van der Waals surface area contributed by atoms with Gasteiger partial charge in [-0.15, -0.1) is 0 Å². The minimum Gasteiger partial charge on any atom is -0.444 e. The minimum absolute atomic E-state index is 0.210. The molecule has 0 aliphatic carbocycles. The van der Waals surface area contributed by atoms with Crippen molar-refractivity contribution in [2.45, 2.75) is 52.1 Å². The molecule has 6 nitrogen and oxygen atoms in total. The molecule has 1 atom stereocenters. The van der Waals surface area contributed by atoms with Crippen LogP contribution in [0.15, 0.2) is 15.1 Å². The van der Waals surface area contributed by atoms with Crippen molar-refractivity contribution in [1.29, 1.82) is 0 Å². The molecule has 6 heteroatoms. The Morgan fingerprint density at radius 1 is 1.45 bits per heavy atom. The van der Waals surface area contributed by atoms with Crippen LogP contribution in [0.1, 0.15) is 62.0 Å². The van der Waals surface area contributed by atoms with Gasteiger partial charge in [-0.3, -0.25) is 4.90 Å². The van der Waals surface area contributed by atoms with Crippen molar-refractivity contribution in [2.75, 3.05) is 6.54 Å². The van der Waals surface area contributed by atoms with Gasteiger partial charge in [-0.25, -0.2) is 4.98 Å². The van der Waals surface area contributed by atoms with Gasteiger partial charge in [0, 0.05) is 12.8 Å². The van der Waals surface area contributed by atoms with Gasteiger partial charge in [0.05, 0.1) is 18.8 Å². The summed E-state index contributed by atoms with van der Waals surface area (Å²) in [6.45, 7) is 7.73. The first-order valence-electron chi connectivity index (χ1n) is 7.12. The second kappa shape index (κ2) is 5.36. The van der Waals surface area contributed by atoms with Gasteiger partial charge in [0.2, 0.25) is 11.8 Å². The van der Waals surface area contributed by atoms with Crippen molar-refractivity contribution in [1.82, 2.24) is 20.0 Å². The van der Waals surface area contributed by atoms with Gasteiger partial charge in [0.25, 0.3) is 0 Å². The summed E-state index contributed by atoms with van der Waals surface area (Å²) < 4.78 is 10.9. The molecule has 0 unspecified atom stereocenters. The lowest BCUT2D eigenvalue weighted by molar-refractivity contribution is 0.210. The Bertz CT molecular complexity index is 575. The van der Waals surface area contributed by atoms with Gasteiger partial charge < -0.3 is 8.94 Å². The fraction of sp³-hybridized carbons (Fsp3) is 0.643. The molecular weight excluding hydrogens is 256 g/mol. The Kier molecular flexibility index (Phi) is 3.56. The summed E-state index contributed by atoms with van der Waals surface area (Å²) in [5.74, 6) is 3.46. The maximum Gasteiger partial charge on any atom is 0.223 e. The van der Waals surface area contributed by atoms with E-state index >= 15 is 0 Å². The van der Waals surface area contributed by atoms with E-state index in [2.05, 4.69) is 33.9 Å². The molecule has 0 aromatic carbocycles. The topological polar surface area (TPSA) is 68.2 Å². The fourth-order valence-corrected chi connectivity index (χ4v) is 2.60. The number of nitrogens with zero attached hydrogens (tertiary/aromatic N) is 4. The molecule has 108 valence electrons. The summed E-state index contributed by atoms with van der Waals surface area (Å²) in [6.07, 6.45) is 4.01. The second-order valence-electron chi connectivity index (χ2n) is 5.61. The van der Waals surface area contributed by atoms with Crippen LogP contribution in [0, 0.1) is 6.92 Å². The zero-order valence-electron chi connectivity index (χ0n) is 12.2. The highest BCUT2D eigenvalue weighted by Crippen LogP contribution is 2.31. The Morgan fingerprint density at radius 2 is 2.30 bits per heavy atom. The summed E-state index contributed by atoms with van der Waals surface area (Å²) in [6, 6.07) is 0.210. The van der Waals surface area contributed by atoms with E-state index in [0.29, 0.717) is 18.4 Å². The molecule has 1 fully saturated rings. The number of rotatable bonds is 4. The van der Waals surface area contributed by atoms with E-state index in [4.69, 9.17) is 8.94 Å². The number of oxazole rings is 1. The quantitative estimate of drug-likeness (QED) is 0.855. The van der Waals surface area contributed by atoms with Crippen molar-refractivity contribution >= 4 is 0 Å². The Morgan fingerprint density at radius 3 is 2.95 bits per heavy atom. The molecule has 0 radical (unpaired) electrons. The molecule has 0 saturated carbocycles. The number of likely N-dealkylation sites (tertiary alicyclic amines) is 1. The van der Waals surface area contributed by atoms with Crippen LogP contribution in [0.4, 0.5) is 0 Å². The lowest BCUT2D eigenvalue weighted by atomic mass is 10.2. The summed E-state index contributed by atoms with van der Waals surface area (Å²) >= 11 is 0. The molecule has 1 aliphatic rings. The zero-order chi connectivity index (χ0) is 14.1. The highest BCUT2D eigenvalue weighted by Gasteiger charge is 2.30. The molecule has 0 bridgehead atoms. The van der Waals surface area contributed by atoms with Gasteiger partial charge >= 0.3 is 0 Å². The van der Waals surface area contributed by atoms with Crippen LogP contribution in [-0.4, -0.2) is 26.6 Å². The van der Waals surface area contributed by atoms with Crippen LogP contribution in [0.5, 0.6) is 0 Å². The summed E-state index contributed by atoms with van der Waals surface area (Å²) in [5, 5.41) is 4.04. The number of aryl methyl sites for hydroxylation is 1. The van der Waals surface area contributed by atoms with Crippen molar-refractivity contribution < 1.29 is 8.94 Å². The Hall–Kier alpha value is -1.69. The van der Waals surface area contributed by atoms with Crippen LogP contribution in [0.25, 0.3) is 0 Å². The van der Waals surface area contributed by atoms with Gasteiger partial charge in [-0.1, -0.05) is 19.0 Å². The molecule has 0 N–H and O–H groups in total. The molecule has 0 amide bonds. The normalized spacial score (nSPS) is 20.1. The molecule has 2 aromatic heterocycles. The Labute approximate surface area is 118 Å². The monoisotopic (exact) mass is 276 g/mol. The first-order chi connectivity index (χ1) is 9.63. The minimum atomic E-state index is 0.210. The van der Waals surface area contributed by atoms with E-state index in [1.807, 2.05) is 13.1 Å². The lowest BCUT2D eigenvalue weighted by Crippen LogP contribution is -2.23. The average Bonchev–Trinajstić information content (AvgIpc) is 3.09. The van der Waals surface area contributed by atoms with Crippen LogP contribution in [-0.2, 0) is 6.54 Å². The van der Waals surface area contributed by atoms with Crippen LogP contribution in [0.3, 0.4) is 0 Å². The first kappa shape index (κ1) is 13.3. The largest absolute Gasteiger partial charge is 0.444 e. The summed E-state index contributed by atoms with van der Waals surface area (Å²) in [5.41, 5.74) is 0. The van der Waals surface area contributed by atoms with Crippen molar-refractivity contribution in [2.24, 2.45) is 0 Å². The molecule has 1 aliphatic heterocycles. The van der Waals surface area contributed by atoms with E-state index in [1.165, 1.54) is 0 Å². The molecule has 0 spiro atoms. The third-order valence-corrected chi connectivity index (χ3v) is 3.68. The van der Waals surface area contributed by atoms with Gasteiger partial charge in [-0.05, 0) is 19.4 Å². The third kappa shape index (κ3) is 2.60. The van der Waals surface area contributed by atoms with E-state index in [-0.39, 0.29) is 6.04 Å². The van der Waals surface area contributed by atoms with E-state index < -0.39 is 0 Å². The molecule has 3 rings (SSSR count). The predicted molar refractivity (Wildman–Crippen MR) is 72.0 cm³/mol. The van der Waals surface area contributed by atoms with Crippen molar-refractivity contribution in [3.05, 3.63) is 29.6 Å². The van der Waals surface area contributed by atoms with E-state index in [1.54, 1.807) is 0 Å². The van der Waals surface area contributed by atoms with Gasteiger partial charge in [0.1, 0.15) is 5.76 Å². The Balaban J connectivity index is 1.72. The fourth-order valence-electron chi connectivity index (χ4n) is 2.60. The number of hydrogen-bond donors (Lipinski definition) is 0. The highest BCUT2D eigenvalue weighted by atomic mass is 16.5. The van der Waals surface area contributed by atoms with Crippen LogP contribution in [0.2, 0.25) is 0 Å². The number of hydrogen-bond acceptors (Lipinski definition) is 6. The average molecular weight is 276 g/mol. The third-order valence-electron chi connectivity index (χ3n) is 3.68. The standard InChI is InChI=1S/C14H20N4O2/c1-9(2)12-7-15-13(19-12)8-18-6-4-5-11(18)14-16-10(3)20-17-14/h7,9,11H,4-6,8H2,1-3H3/t11-/m1/s1. The molecular formula is C14H20N4O2. The smallest absolute Gasteiger partial charge is 0.223 e. The zero-order valence-corrected chi connectivity index (χ0v) is 12.2. The summed E-state index contributed by atoms with van der Waals surface area (Å²) in [7, 11) is 0. The maximum atomic E-state index is 5.78. The molecule has 3 heterocycles. The van der Waals surface area contributed by atoms with Crippen LogP contribution < -0.4 is 0 Å². The van der Waals surface area contributed by atoms with Crippen LogP contribution >= 0.6 is 0 Å². The predicted octanol–water partition coefficient (Wildman–Crippen LogP) is 2.83. The van der Waals surface area contributed by atoms with E-state index in [0.717, 1.165) is 36.9 Å². The van der Waals surface area contributed by atoms with Crippen molar-refractivity contribution in [3.8, 4) is 0 Å². The van der Waals surface area contributed by atoms with Gasteiger partial charge in [-0.2, -0.15) is 4.98 Å². The lowest BCUT2D eigenvalue weighted by Gasteiger charge is -2.19. The number of aromatic nitrogens is 3. The molecule has 1 saturated heterocycles. The maximum absolute atomic E-state index is 5.78. The van der Waals surface area contributed by atoms with Crippen molar-refractivity contribution in [3.63, 3.8) is 0 Å². The molecule has 2 aromatic rings. The highest BCUT2D eigenvalue weighted by molar-refractivity contribution is 5.02. The second-order valence-corrected chi connectivity index (χ2v) is 5.61. The SMILES string of the molecule is Cc1nc([C@H]2CCCN2Cc2ncc(C(C)C)o2)no1. The molecule has 20 heavy (non-hydrogen) atoms.